The molecule has 0 spiro atoms. The van der Waals surface area contributed by atoms with Gasteiger partial charge in [-0.05, 0) is 51.4 Å². The first-order valence-corrected chi connectivity index (χ1v) is 6.80. The number of nitrogens with zero attached hydrogens (tertiary/aromatic N) is 2. The Balaban J connectivity index is 1.59. The van der Waals surface area contributed by atoms with Gasteiger partial charge in [-0.3, -0.25) is 0 Å². The van der Waals surface area contributed by atoms with E-state index in [0.29, 0.717) is 0 Å². The molecule has 0 saturated heterocycles. The highest BCUT2D eigenvalue weighted by molar-refractivity contribution is 5.84. The van der Waals surface area contributed by atoms with Gasteiger partial charge in [-0.15, -0.1) is 0 Å². The third kappa shape index (κ3) is 4.75. The summed E-state index contributed by atoms with van der Waals surface area (Å²) in [5.41, 5.74) is 2.34. The molecular weight excluding hydrogens is 216 g/mol. The fourth-order valence-corrected chi connectivity index (χ4v) is 2.36. The first kappa shape index (κ1) is 12.4. The van der Waals surface area contributed by atoms with Crippen molar-refractivity contribution in [1.82, 2.24) is 0 Å². The Morgan fingerprint density at radius 2 is 1.06 bits per heavy atom. The van der Waals surface area contributed by atoms with Crippen LogP contribution in [0.4, 0.5) is 0 Å². The number of oxime groups is 2. The SMILES string of the molecule is C1CCC(=NOCON=C2CCCCC2)CC1. The van der Waals surface area contributed by atoms with Gasteiger partial charge in [-0.2, -0.15) is 0 Å². The molecule has 2 fully saturated rings. The van der Waals surface area contributed by atoms with E-state index in [1.165, 1.54) is 49.9 Å². The van der Waals surface area contributed by atoms with E-state index in [-0.39, 0.29) is 6.79 Å². The second-order valence-electron chi connectivity index (χ2n) is 4.81. The molecular formula is C13H22N2O2. The number of rotatable bonds is 4. The second-order valence-corrected chi connectivity index (χ2v) is 4.81. The van der Waals surface area contributed by atoms with Gasteiger partial charge in [0.1, 0.15) is 0 Å². The summed E-state index contributed by atoms with van der Waals surface area (Å²) >= 11 is 0. The Morgan fingerprint density at radius 3 is 1.47 bits per heavy atom. The van der Waals surface area contributed by atoms with Crippen molar-refractivity contribution in [2.75, 3.05) is 6.79 Å². The first-order valence-electron chi connectivity index (χ1n) is 6.80. The molecule has 96 valence electrons. The summed E-state index contributed by atoms with van der Waals surface area (Å²) in [6.07, 6.45) is 11.9. The minimum absolute atomic E-state index is 0.146. The molecule has 2 aliphatic carbocycles. The van der Waals surface area contributed by atoms with Crippen LogP contribution in [-0.2, 0) is 9.68 Å². The van der Waals surface area contributed by atoms with Crippen molar-refractivity contribution in [2.45, 2.75) is 64.2 Å². The van der Waals surface area contributed by atoms with Gasteiger partial charge in [0.25, 0.3) is 6.79 Å². The standard InChI is InChI=1S/C13H22N2O2/c1-3-7-12(8-4-1)14-16-11-17-15-13-9-5-2-6-10-13/h1-11H2. The van der Waals surface area contributed by atoms with E-state index in [1.807, 2.05) is 0 Å². The molecule has 4 nitrogen and oxygen atoms in total. The van der Waals surface area contributed by atoms with Crippen molar-refractivity contribution in [3.63, 3.8) is 0 Å². The van der Waals surface area contributed by atoms with Crippen molar-refractivity contribution < 1.29 is 9.68 Å². The van der Waals surface area contributed by atoms with Gasteiger partial charge in [0.2, 0.25) is 0 Å². The van der Waals surface area contributed by atoms with Crippen LogP contribution in [-0.4, -0.2) is 18.2 Å². The van der Waals surface area contributed by atoms with Gasteiger partial charge in [0, 0.05) is 0 Å². The molecule has 0 aromatic heterocycles. The quantitative estimate of drug-likeness (QED) is 0.426. The predicted molar refractivity (Wildman–Crippen MR) is 68.1 cm³/mol. The Morgan fingerprint density at radius 1 is 0.647 bits per heavy atom. The number of hydrogen-bond donors (Lipinski definition) is 0. The smallest absolute Gasteiger partial charge is 0.280 e. The average molecular weight is 238 g/mol. The van der Waals surface area contributed by atoms with E-state index >= 15 is 0 Å². The molecule has 2 rings (SSSR count). The van der Waals surface area contributed by atoms with Gasteiger partial charge in [0.05, 0.1) is 11.4 Å². The summed E-state index contributed by atoms with van der Waals surface area (Å²) in [6.45, 7) is 0.146. The lowest BCUT2D eigenvalue weighted by atomic mass is 9.99. The van der Waals surface area contributed by atoms with E-state index in [1.54, 1.807) is 0 Å². The summed E-state index contributed by atoms with van der Waals surface area (Å²) in [5.74, 6) is 0. The third-order valence-corrected chi connectivity index (χ3v) is 3.35. The zero-order chi connectivity index (χ0) is 11.8. The molecule has 0 N–H and O–H groups in total. The normalized spacial score (nSPS) is 20.9. The monoisotopic (exact) mass is 238 g/mol. The molecule has 0 amide bonds. The Hall–Kier alpha value is -1.06. The van der Waals surface area contributed by atoms with E-state index in [9.17, 15) is 0 Å². The van der Waals surface area contributed by atoms with Crippen LogP contribution in [0.25, 0.3) is 0 Å². The highest BCUT2D eigenvalue weighted by atomic mass is 16.8. The summed E-state index contributed by atoms with van der Waals surface area (Å²) in [4.78, 5) is 10.2. The van der Waals surface area contributed by atoms with Crippen LogP contribution in [0, 0.1) is 0 Å². The van der Waals surface area contributed by atoms with E-state index in [4.69, 9.17) is 9.68 Å². The van der Waals surface area contributed by atoms with Gasteiger partial charge < -0.3 is 9.68 Å². The van der Waals surface area contributed by atoms with Gasteiger partial charge in [-0.1, -0.05) is 23.2 Å². The molecule has 0 aromatic rings. The molecule has 0 bridgehead atoms. The fourth-order valence-electron chi connectivity index (χ4n) is 2.36. The van der Waals surface area contributed by atoms with Crippen LogP contribution in [0.3, 0.4) is 0 Å². The van der Waals surface area contributed by atoms with Crippen LogP contribution in [0.1, 0.15) is 64.2 Å². The van der Waals surface area contributed by atoms with Crippen molar-refractivity contribution in [3.05, 3.63) is 0 Å². The molecule has 4 heteroatoms. The number of hydrogen-bond acceptors (Lipinski definition) is 4. The molecule has 0 unspecified atom stereocenters. The van der Waals surface area contributed by atoms with Crippen molar-refractivity contribution in [1.29, 1.82) is 0 Å². The van der Waals surface area contributed by atoms with Crippen molar-refractivity contribution in [2.24, 2.45) is 10.3 Å². The molecule has 0 heterocycles. The molecule has 0 aromatic carbocycles. The highest BCUT2D eigenvalue weighted by Crippen LogP contribution is 2.15. The summed E-state index contributed by atoms with van der Waals surface area (Å²) < 4.78 is 0. The van der Waals surface area contributed by atoms with Crippen LogP contribution < -0.4 is 0 Å². The zero-order valence-electron chi connectivity index (χ0n) is 10.5. The largest absolute Gasteiger partial charge is 0.352 e. The van der Waals surface area contributed by atoms with Crippen molar-refractivity contribution >= 4 is 11.4 Å². The van der Waals surface area contributed by atoms with Gasteiger partial charge >= 0.3 is 0 Å². The molecule has 2 saturated carbocycles. The Labute approximate surface area is 103 Å². The Kier molecular flexibility index (Phi) is 5.33. The molecule has 0 aliphatic heterocycles. The molecule has 0 radical (unpaired) electrons. The summed E-state index contributed by atoms with van der Waals surface area (Å²) in [6, 6.07) is 0. The lowest BCUT2D eigenvalue weighted by Gasteiger charge is -2.12. The molecule has 2 aliphatic rings. The van der Waals surface area contributed by atoms with Crippen LogP contribution in [0.15, 0.2) is 10.3 Å². The molecule has 0 atom stereocenters. The maximum absolute atomic E-state index is 5.12. The Bertz CT molecular complexity index is 243. The average Bonchev–Trinajstić information content (AvgIpc) is 2.41. The summed E-state index contributed by atoms with van der Waals surface area (Å²) in [7, 11) is 0. The summed E-state index contributed by atoms with van der Waals surface area (Å²) in [5, 5.41) is 8.18. The van der Waals surface area contributed by atoms with Crippen LogP contribution >= 0.6 is 0 Å². The minimum atomic E-state index is 0.146. The highest BCUT2D eigenvalue weighted by Gasteiger charge is 2.08. The van der Waals surface area contributed by atoms with E-state index in [2.05, 4.69) is 10.3 Å². The maximum atomic E-state index is 5.12. The van der Waals surface area contributed by atoms with Crippen LogP contribution in [0.2, 0.25) is 0 Å². The lowest BCUT2D eigenvalue weighted by Crippen LogP contribution is -2.07. The minimum Gasteiger partial charge on any atom is -0.352 e. The van der Waals surface area contributed by atoms with Crippen molar-refractivity contribution in [3.8, 4) is 0 Å². The predicted octanol–water partition coefficient (Wildman–Crippen LogP) is 3.62. The van der Waals surface area contributed by atoms with E-state index < -0.39 is 0 Å². The lowest BCUT2D eigenvalue weighted by molar-refractivity contribution is -0.0515. The van der Waals surface area contributed by atoms with Gasteiger partial charge in [0.15, 0.2) is 0 Å². The second kappa shape index (κ2) is 7.30. The topological polar surface area (TPSA) is 43.2 Å². The van der Waals surface area contributed by atoms with Crippen LogP contribution in [0.5, 0.6) is 0 Å². The maximum Gasteiger partial charge on any atom is 0.280 e. The fraction of sp³-hybridized carbons (Fsp3) is 0.846. The first-order chi connectivity index (χ1) is 8.45. The third-order valence-electron chi connectivity index (χ3n) is 3.35. The molecule has 17 heavy (non-hydrogen) atoms. The van der Waals surface area contributed by atoms with E-state index in [0.717, 1.165) is 25.7 Å². The van der Waals surface area contributed by atoms with Gasteiger partial charge in [-0.25, -0.2) is 0 Å². The zero-order valence-corrected chi connectivity index (χ0v) is 10.5.